The molecule has 80 valence electrons. The second-order valence-electron chi connectivity index (χ2n) is 4.19. The number of aromatic amines is 1. The number of nitrogens with zero attached hydrogens (tertiary/aromatic N) is 1. The van der Waals surface area contributed by atoms with E-state index in [1.807, 2.05) is 12.1 Å². The first kappa shape index (κ1) is 10.0. The van der Waals surface area contributed by atoms with Crippen molar-refractivity contribution in [2.75, 3.05) is 0 Å². The van der Waals surface area contributed by atoms with E-state index in [1.165, 1.54) is 12.1 Å². The molecule has 0 aliphatic rings. The Kier molecular flexibility index (Phi) is 2.90. The summed E-state index contributed by atoms with van der Waals surface area (Å²) in [5.41, 5.74) is 2.06. The number of H-pyrrole nitrogens is 1. The molecule has 0 saturated carbocycles. The van der Waals surface area contributed by atoms with Gasteiger partial charge >= 0.3 is 0 Å². The van der Waals surface area contributed by atoms with Crippen LogP contribution in [0.2, 0.25) is 0 Å². The number of hydrogen-bond donors (Lipinski definition) is 1. The minimum atomic E-state index is 0.723. The van der Waals surface area contributed by atoms with Crippen molar-refractivity contribution >= 4 is 0 Å². The molecule has 0 amide bonds. The number of nitrogens with one attached hydrogen (secondary N) is 1. The van der Waals surface area contributed by atoms with Gasteiger partial charge in [0.15, 0.2) is 5.76 Å². The molecule has 0 radical (unpaired) electrons. The predicted octanol–water partition coefficient (Wildman–Crippen LogP) is 3.26. The summed E-state index contributed by atoms with van der Waals surface area (Å²) < 4.78 is 5.28. The highest BCUT2D eigenvalue weighted by atomic mass is 16.3. The zero-order chi connectivity index (χ0) is 10.7. The first-order valence-corrected chi connectivity index (χ1v) is 5.34. The zero-order valence-corrected chi connectivity index (χ0v) is 9.16. The van der Waals surface area contributed by atoms with Gasteiger partial charge in [0.05, 0.1) is 6.26 Å². The van der Waals surface area contributed by atoms with E-state index in [0.717, 1.165) is 23.8 Å². The fourth-order valence-electron chi connectivity index (χ4n) is 1.48. The molecular formula is C12H16N2O. The maximum Gasteiger partial charge on any atom is 0.154 e. The second kappa shape index (κ2) is 4.34. The molecule has 3 heteroatoms. The van der Waals surface area contributed by atoms with E-state index in [0.29, 0.717) is 0 Å². The van der Waals surface area contributed by atoms with Crippen molar-refractivity contribution in [2.45, 2.75) is 26.7 Å². The van der Waals surface area contributed by atoms with E-state index >= 15 is 0 Å². The van der Waals surface area contributed by atoms with Crippen LogP contribution in [0.25, 0.3) is 11.5 Å². The third-order valence-corrected chi connectivity index (χ3v) is 2.40. The molecule has 2 aromatic heterocycles. The molecule has 3 nitrogen and oxygen atoms in total. The minimum absolute atomic E-state index is 0.723. The number of furan rings is 1. The summed E-state index contributed by atoms with van der Waals surface area (Å²) >= 11 is 0. The number of rotatable bonds is 4. The highest BCUT2D eigenvalue weighted by Gasteiger charge is 2.06. The van der Waals surface area contributed by atoms with Gasteiger partial charge in [0, 0.05) is 5.69 Å². The number of hydrogen-bond acceptors (Lipinski definition) is 2. The summed E-state index contributed by atoms with van der Waals surface area (Å²) in [5.74, 6) is 1.54. The van der Waals surface area contributed by atoms with E-state index in [1.54, 1.807) is 6.26 Å². The van der Waals surface area contributed by atoms with E-state index in [-0.39, 0.29) is 0 Å². The van der Waals surface area contributed by atoms with Gasteiger partial charge in [-0.05, 0) is 37.0 Å². The molecule has 0 spiro atoms. The summed E-state index contributed by atoms with van der Waals surface area (Å²) in [5, 5.41) is 7.26. The monoisotopic (exact) mass is 204 g/mol. The van der Waals surface area contributed by atoms with E-state index in [4.69, 9.17) is 4.42 Å². The molecular weight excluding hydrogens is 188 g/mol. The Hall–Kier alpha value is -1.51. The third kappa shape index (κ3) is 2.49. The van der Waals surface area contributed by atoms with Crippen LogP contribution in [0.15, 0.2) is 28.9 Å². The van der Waals surface area contributed by atoms with Crippen LogP contribution < -0.4 is 0 Å². The van der Waals surface area contributed by atoms with Crippen LogP contribution in [-0.2, 0) is 6.42 Å². The number of aryl methyl sites for hydroxylation is 1. The normalized spacial score (nSPS) is 11.1. The molecule has 0 aliphatic heterocycles. The minimum Gasteiger partial charge on any atom is -0.463 e. The van der Waals surface area contributed by atoms with Crippen LogP contribution in [-0.4, -0.2) is 10.2 Å². The van der Waals surface area contributed by atoms with Crippen molar-refractivity contribution in [1.29, 1.82) is 0 Å². The molecule has 0 fully saturated rings. The van der Waals surface area contributed by atoms with Crippen LogP contribution >= 0.6 is 0 Å². The highest BCUT2D eigenvalue weighted by molar-refractivity contribution is 5.51. The smallest absolute Gasteiger partial charge is 0.154 e. The van der Waals surface area contributed by atoms with Crippen LogP contribution in [0.3, 0.4) is 0 Å². The first-order chi connectivity index (χ1) is 7.25. The molecule has 0 atom stereocenters. The Morgan fingerprint density at radius 2 is 2.33 bits per heavy atom. The average Bonchev–Trinajstić information content (AvgIpc) is 2.85. The van der Waals surface area contributed by atoms with Gasteiger partial charge in [-0.2, -0.15) is 5.10 Å². The lowest BCUT2D eigenvalue weighted by Gasteiger charge is -2.00. The molecule has 0 aliphatic carbocycles. The van der Waals surface area contributed by atoms with Crippen molar-refractivity contribution in [1.82, 2.24) is 10.2 Å². The highest BCUT2D eigenvalue weighted by Crippen LogP contribution is 2.18. The molecule has 2 heterocycles. The number of aromatic nitrogens is 2. The topological polar surface area (TPSA) is 41.8 Å². The van der Waals surface area contributed by atoms with Gasteiger partial charge < -0.3 is 4.42 Å². The summed E-state index contributed by atoms with van der Waals surface area (Å²) in [6.07, 6.45) is 3.89. The van der Waals surface area contributed by atoms with Crippen molar-refractivity contribution in [3.63, 3.8) is 0 Å². The van der Waals surface area contributed by atoms with E-state index in [2.05, 4.69) is 30.1 Å². The van der Waals surface area contributed by atoms with Crippen molar-refractivity contribution in [3.8, 4) is 11.5 Å². The molecule has 0 aromatic carbocycles. The third-order valence-electron chi connectivity index (χ3n) is 2.40. The van der Waals surface area contributed by atoms with E-state index < -0.39 is 0 Å². The quantitative estimate of drug-likeness (QED) is 0.830. The Bertz CT molecular complexity index is 401. The first-order valence-electron chi connectivity index (χ1n) is 5.34. The fraction of sp³-hybridized carbons (Fsp3) is 0.417. The van der Waals surface area contributed by atoms with Gasteiger partial charge in [0.2, 0.25) is 0 Å². The van der Waals surface area contributed by atoms with Gasteiger partial charge in [-0.15, -0.1) is 0 Å². The lowest BCUT2D eigenvalue weighted by molar-refractivity contribution is 0.579. The summed E-state index contributed by atoms with van der Waals surface area (Å²) in [6.45, 7) is 4.45. The Morgan fingerprint density at radius 3 is 3.00 bits per heavy atom. The molecule has 0 saturated heterocycles. The molecule has 15 heavy (non-hydrogen) atoms. The molecule has 2 aromatic rings. The summed E-state index contributed by atoms with van der Waals surface area (Å²) in [4.78, 5) is 0. The van der Waals surface area contributed by atoms with Crippen LogP contribution in [0.1, 0.15) is 26.0 Å². The molecule has 0 bridgehead atoms. The Balaban J connectivity index is 2.04. The van der Waals surface area contributed by atoms with Gasteiger partial charge in [0.25, 0.3) is 0 Å². The largest absolute Gasteiger partial charge is 0.463 e. The fourth-order valence-corrected chi connectivity index (χ4v) is 1.48. The average molecular weight is 204 g/mol. The lowest BCUT2D eigenvalue weighted by atomic mass is 10.1. The van der Waals surface area contributed by atoms with Crippen LogP contribution in [0, 0.1) is 5.92 Å². The van der Waals surface area contributed by atoms with Crippen molar-refractivity contribution < 1.29 is 4.42 Å². The summed E-state index contributed by atoms with van der Waals surface area (Å²) in [6, 6.07) is 5.85. The predicted molar refractivity (Wildman–Crippen MR) is 59.4 cm³/mol. The SMILES string of the molecule is CC(C)CCc1cc(-c2ccco2)n[nH]1. The van der Waals surface area contributed by atoms with Gasteiger partial charge in [0.1, 0.15) is 5.69 Å². The van der Waals surface area contributed by atoms with Crippen molar-refractivity contribution in [2.24, 2.45) is 5.92 Å². The van der Waals surface area contributed by atoms with Crippen LogP contribution in [0.4, 0.5) is 0 Å². The Labute approximate surface area is 89.5 Å². The summed E-state index contributed by atoms with van der Waals surface area (Å²) in [7, 11) is 0. The lowest BCUT2D eigenvalue weighted by Crippen LogP contribution is -1.91. The maximum absolute atomic E-state index is 5.28. The molecule has 1 N–H and O–H groups in total. The zero-order valence-electron chi connectivity index (χ0n) is 9.16. The van der Waals surface area contributed by atoms with Gasteiger partial charge in [-0.1, -0.05) is 13.8 Å². The standard InChI is InChI=1S/C12H16N2O/c1-9(2)5-6-10-8-11(14-13-10)12-4-3-7-15-12/h3-4,7-9H,5-6H2,1-2H3,(H,13,14). The van der Waals surface area contributed by atoms with E-state index in [9.17, 15) is 0 Å². The van der Waals surface area contributed by atoms with Gasteiger partial charge in [-0.25, -0.2) is 0 Å². The second-order valence-corrected chi connectivity index (χ2v) is 4.19. The maximum atomic E-state index is 5.28. The Morgan fingerprint density at radius 1 is 1.47 bits per heavy atom. The van der Waals surface area contributed by atoms with Crippen LogP contribution in [0.5, 0.6) is 0 Å². The van der Waals surface area contributed by atoms with Crippen molar-refractivity contribution in [3.05, 3.63) is 30.2 Å². The molecule has 0 unspecified atom stereocenters. The van der Waals surface area contributed by atoms with Gasteiger partial charge in [-0.3, -0.25) is 5.10 Å². The molecule has 2 rings (SSSR count).